The molecular weight excluding hydrogens is 425 g/mol. The second-order valence-electron chi connectivity index (χ2n) is 9.02. The molecule has 1 saturated heterocycles. The van der Waals surface area contributed by atoms with Crippen molar-refractivity contribution in [1.29, 1.82) is 10.5 Å². The molecule has 0 saturated carbocycles. The van der Waals surface area contributed by atoms with Crippen molar-refractivity contribution in [2.75, 3.05) is 4.90 Å². The van der Waals surface area contributed by atoms with Crippen LogP contribution in [0, 0.1) is 47.7 Å². The number of halogens is 1. The van der Waals surface area contributed by atoms with Gasteiger partial charge in [0.15, 0.2) is 11.2 Å². The highest BCUT2D eigenvalue weighted by Gasteiger charge is 2.63. The average Bonchev–Trinajstić information content (AvgIpc) is 3.15. The van der Waals surface area contributed by atoms with Gasteiger partial charge >= 0.3 is 0 Å². The lowest BCUT2D eigenvalue weighted by atomic mass is 9.69. The molecule has 0 spiro atoms. The van der Waals surface area contributed by atoms with E-state index in [-0.39, 0.29) is 5.78 Å². The molecule has 3 aromatic rings. The third-order valence-corrected chi connectivity index (χ3v) is 7.04. The number of rotatable bonds is 3. The van der Waals surface area contributed by atoms with Gasteiger partial charge in [-0.2, -0.15) is 10.5 Å². The van der Waals surface area contributed by atoms with Crippen molar-refractivity contribution in [3.8, 4) is 12.1 Å². The summed E-state index contributed by atoms with van der Waals surface area (Å²) in [5.74, 6) is -1.51. The SMILES string of the molecule is Cc1ccc(C(=O)C2C(c3cccc(F)c3)C(C#N)(C#N)C3C=Cc4ccccc4N23)c(C)c1. The normalized spacial score (nSPS) is 21.8. The number of aryl methyl sites for hydroxylation is 2. The fraction of sp³-hybridized carbons (Fsp3) is 0.207. The van der Waals surface area contributed by atoms with E-state index in [2.05, 4.69) is 12.1 Å². The quantitative estimate of drug-likeness (QED) is 0.481. The second kappa shape index (κ2) is 7.97. The first-order chi connectivity index (χ1) is 16.4. The first-order valence-electron chi connectivity index (χ1n) is 11.2. The van der Waals surface area contributed by atoms with Gasteiger partial charge in [-0.3, -0.25) is 4.79 Å². The maximum atomic E-state index is 14.4. The number of ketones is 1. The summed E-state index contributed by atoms with van der Waals surface area (Å²) in [5, 5.41) is 20.9. The summed E-state index contributed by atoms with van der Waals surface area (Å²) in [5.41, 5.74) is 2.97. The minimum absolute atomic E-state index is 0.186. The molecule has 4 nitrogen and oxygen atoms in total. The smallest absolute Gasteiger partial charge is 0.186 e. The van der Waals surface area contributed by atoms with Crippen molar-refractivity contribution in [2.45, 2.75) is 31.8 Å². The summed E-state index contributed by atoms with van der Waals surface area (Å²) in [6.45, 7) is 3.85. The number of Topliss-reactive ketones (excluding diaryl/α,β-unsaturated/α-hetero) is 1. The molecule has 0 radical (unpaired) electrons. The highest BCUT2D eigenvalue weighted by atomic mass is 19.1. The Bertz CT molecular complexity index is 1410. The summed E-state index contributed by atoms with van der Waals surface area (Å²) in [6, 6.07) is 22.2. The minimum atomic E-state index is -1.59. The zero-order valence-corrected chi connectivity index (χ0v) is 18.9. The molecule has 3 aromatic carbocycles. The van der Waals surface area contributed by atoms with Crippen molar-refractivity contribution in [3.63, 3.8) is 0 Å². The summed E-state index contributed by atoms with van der Waals surface area (Å²) in [6.07, 6.45) is 3.73. The lowest BCUT2D eigenvalue weighted by Gasteiger charge is -2.35. The number of carbonyl (C=O) groups is 1. The van der Waals surface area contributed by atoms with Crippen LogP contribution in [0.1, 0.15) is 38.5 Å². The molecular formula is C29H22FN3O. The molecule has 5 rings (SSSR count). The van der Waals surface area contributed by atoms with Crippen LogP contribution in [-0.2, 0) is 0 Å². The van der Waals surface area contributed by atoms with Gasteiger partial charge in [0, 0.05) is 17.2 Å². The predicted octanol–water partition coefficient (Wildman–Crippen LogP) is 5.73. The van der Waals surface area contributed by atoms with Crippen LogP contribution in [-0.4, -0.2) is 17.9 Å². The van der Waals surface area contributed by atoms with Crippen molar-refractivity contribution < 1.29 is 9.18 Å². The fourth-order valence-electron chi connectivity index (χ4n) is 5.56. The third kappa shape index (κ3) is 3.05. The van der Waals surface area contributed by atoms with Crippen molar-refractivity contribution in [1.82, 2.24) is 0 Å². The van der Waals surface area contributed by atoms with Crippen LogP contribution in [0.4, 0.5) is 10.1 Å². The van der Waals surface area contributed by atoms with E-state index in [0.717, 1.165) is 22.4 Å². The Balaban J connectivity index is 1.80. The van der Waals surface area contributed by atoms with E-state index in [1.54, 1.807) is 18.2 Å². The maximum absolute atomic E-state index is 14.4. The summed E-state index contributed by atoms with van der Waals surface area (Å²) in [7, 11) is 0. The molecule has 3 atom stereocenters. The Morgan fingerprint density at radius 2 is 1.76 bits per heavy atom. The van der Waals surface area contributed by atoms with Gasteiger partial charge in [0.1, 0.15) is 11.9 Å². The third-order valence-electron chi connectivity index (χ3n) is 7.04. The molecule has 2 heterocycles. The topological polar surface area (TPSA) is 67.9 Å². The molecule has 0 aromatic heterocycles. The molecule has 2 aliphatic rings. The van der Waals surface area contributed by atoms with Gasteiger partial charge in [0.2, 0.25) is 0 Å². The molecule has 3 unspecified atom stereocenters. The number of anilines is 1. The Hall–Kier alpha value is -4.22. The standard InChI is InChI=1S/C29H22FN3O/c1-18-10-12-23(19(2)14-18)28(34)27-26(21-7-5-8-22(30)15-21)29(16-31,17-32)25-13-11-20-6-3-4-9-24(20)33(25)27/h3-15,25-27H,1-2H3. The van der Waals surface area contributed by atoms with Crippen molar-refractivity contribution >= 4 is 17.5 Å². The van der Waals surface area contributed by atoms with E-state index in [1.807, 2.05) is 67.3 Å². The summed E-state index contributed by atoms with van der Waals surface area (Å²) in [4.78, 5) is 16.2. The van der Waals surface area contributed by atoms with Gasteiger partial charge in [0.05, 0.1) is 18.2 Å². The number of carbonyl (C=O) groups excluding carboxylic acids is 1. The zero-order chi connectivity index (χ0) is 24.0. The molecule has 5 heteroatoms. The van der Waals surface area contributed by atoms with Gasteiger partial charge in [-0.05, 0) is 48.7 Å². The second-order valence-corrected chi connectivity index (χ2v) is 9.02. The van der Waals surface area contributed by atoms with Crippen LogP contribution in [0.15, 0.2) is 72.8 Å². The highest BCUT2D eigenvalue weighted by molar-refractivity contribution is 6.05. The van der Waals surface area contributed by atoms with Gasteiger partial charge in [-0.25, -0.2) is 4.39 Å². The molecule has 1 fully saturated rings. The van der Waals surface area contributed by atoms with E-state index in [1.165, 1.54) is 12.1 Å². The number of hydrogen-bond donors (Lipinski definition) is 0. The maximum Gasteiger partial charge on any atom is 0.186 e. The highest BCUT2D eigenvalue weighted by Crippen LogP contribution is 2.55. The lowest BCUT2D eigenvalue weighted by Crippen LogP contribution is -2.44. The van der Waals surface area contributed by atoms with Crippen molar-refractivity contribution in [3.05, 3.63) is 106 Å². The summed E-state index contributed by atoms with van der Waals surface area (Å²) < 4.78 is 14.4. The number of nitrogens with zero attached hydrogens (tertiary/aromatic N) is 3. The van der Waals surface area contributed by atoms with Gasteiger partial charge in [0.25, 0.3) is 0 Å². The largest absolute Gasteiger partial charge is 0.351 e. The summed E-state index contributed by atoms with van der Waals surface area (Å²) >= 11 is 0. The van der Waals surface area contributed by atoms with E-state index >= 15 is 0 Å². The average molecular weight is 448 g/mol. The Labute approximate surface area is 198 Å². The molecule has 2 aliphatic heterocycles. The van der Waals surface area contributed by atoms with E-state index in [4.69, 9.17) is 0 Å². The van der Waals surface area contributed by atoms with Crippen LogP contribution in [0.3, 0.4) is 0 Å². The zero-order valence-electron chi connectivity index (χ0n) is 18.9. The Morgan fingerprint density at radius 1 is 1.00 bits per heavy atom. The van der Waals surface area contributed by atoms with Crippen LogP contribution >= 0.6 is 0 Å². The van der Waals surface area contributed by atoms with Crippen LogP contribution < -0.4 is 4.90 Å². The molecule has 0 N–H and O–H groups in total. The fourth-order valence-corrected chi connectivity index (χ4v) is 5.56. The van der Waals surface area contributed by atoms with Gasteiger partial charge in [-0.15, -0.1) is 0 Å². The van der Waals surface area contributed by atoms with Gasteiger partial charge < -0.3 is 4.90 Å². The number of nitriles is 2. The molecule has 0 amide bonds. The van der Waals surface area contributed by atoms with E-state index < -0.39 is 29.2 Å². The molecule has 166 valence electrons. The number of benzene rings is 3. The molecule has 0 bridgehead atoms. The number of hydrogen-bond acceptors (Lipinski definition) is 4. The van der Waals surface area contributed by atoms with Crippen LogP contribution in [0.2, 0.25) is 0 Å². The Kier molecular flexibility index (Phi) is 5.07. The minimum Gasteiger partial charge on any atom is -0.351 e. The van der Waals surface area contributed by atoms with Crippen LogP contribution in [0.25, 0.3) is 6.08 Å². The van der Waals surface area contributed by atoms with Gasteiger partial charge in [-0.1, -0.05) is 66.2 Å². The number of para-hydroxylation sites is 1. The molecule has 34 heavy (non-hydrogen) atoms. The first kappa shape index (κ1) is 21.6. The van der Waals surface area contributed by atoms with Crippen LogP contribution in [0.5, 0.6) is 0 Å². The Morgan fingerprint density at radius 3 is 2.47 bits per heavy atom. The monoisotopic (exact) mass is 447 g/mol. The first-order valence-corrected chi connectivity index (χ1v) is 11.2. The number of fused-ring (bicyclic) bond motifs is 3. The predicted molar refractivity (Wildman–Crippen MR) is 129 cm³/mol. The molecule has 0 aliphatic carbocycles. The lowest BCUT2D eigenvalue weighted by molar-refractivity contribution is 0.0950. The van der Waals surface area contributed by atoms with E-state index in [0.29, 0.717) is 11.1 Å². The van der Waals surface area contributed by atoms with E-state index in [9.17, 15) is 19.7 Å². The van der Waals surface area contributed by atoms with Crippen molar-refractivity contribution in [2.24, 2.45) is 5.41 Å².